The van der Waals surface area contributed by atoms with E-state index in [1.165, 1.54) is 6.20 Å². The standard InChI is InChI=1S/C24H18BrF5N2/c25-15-10-18-21(31-12-15)19-16(26)11-17(27)20(28)23(19)32(18)22(13-4-2-1-3-5-13)14-6-8-24(29,30)9-7-14/h1-5,10-12,14,22H,6-9H2. The van der Waals surface area contributed by atoms with Crippen molar-refractivity contribution in [1.29, 1.82) is 0 Å². The largest absolute Gasteiger partial charge is 0.329 e. The van der Waals surface area contributed by atoms with Crippen LogP contribution in [0.3, 0.4) is 0 Å². The molecular weight excluding hydrogens is 491 g/mol. The number of benzene rings is 2. The average molecular weight is 509 g/mol. The molecule has 2 aromatic carbocycles. The van der Waals surface area contributed by atoms with E-state index in [9.17, 15) is 17.6 Å². The van der Waals surface area contributed by atoms with Crippen molar-refractivity contribution in [3.63, 3.8) is 0 Å². The Bertz CT molecular complexity index is 1310. The third-order valence-corrected chi connectivity index (χ3v) is 6.78. The van der Waals surface area contributed by atoms with Crippen LogP contribution in [0.25, 0.3) is 21.9 Å². The van der Waals surface area contributed by atoms with Crippen molar-refractivity contribution >= 4 is 37.9 Å². The van der Waals surface area contributed by atoms with Gasteiger partial charge < -0.3 is 4.57 Å². The molecule has 0 saturated heterocycles. The summed E-state index contributed by atoms with van der Waals surface area (Å²) in [6, 6.07) is 10.7. The van der Waals surface area contributed by atoms with E-state index in [0.29, 0.717) is 16.1 Å². The highest BCUT2D eigenvalue weighted by Gasteiger charge is 2.40. The van der Waals surface area contributed by atoms with Gasteiger partial charge in [-0.2, -0.15) is 0 Å². The number of hydrogen-bond donors (Lipinski definition) is 0. The maximum absolute atomic E-state index is 15.2. The van der Waals surface area contributed by atoms with Gasteiger partial charge in [0.15, 0.2) is 11.6 Å². The van der Waals surface area contributed by atoms with Crippen molar-refractivity contribution in [3.05, 3.63) is 76.1 Å². The van der Waals surface area contributed by atoms with Crippen molar-refractivity contribution in [3.8, 4) is 0 Å². The van der Waals surface area contributed by atoms with Crippen LogP contribution in [0.15, 0.2) is 53.1 Å². The molecule has 2 heterocycles. The predicted molar refractivity (Wildman–Crippen MR) is 116 cm³/mol. The van der Waals surface area contributed by atoms with Gasteiger partial charge in [0.25, 0.3) is 0 Å². The zero-order chi connectivity index (χ0) is 22.6. The summed E-state index contributed by atoms with van der Waals surface area (Å²) in [5.74, 6) is -6.43. The normalized spacial score (nSPS) is 17.8. The Kier molecular flexibility index (Phi) is 5.23. The summed E-state index contributed by atoms with van der Waals surface area (Å²) in [4.78, 5) is 4.29. The van der Waals surface area contributed by atoms with Crippen LogP contribution in [0, 0.1) is 23.4 Å². The summed E-state index contributed by atoms with van der Waals surface area (Å²) >= 11 is 3.36. The van der Waals surface area contributed by atoms with Crippen LogP contribution in [0.2, 0.25) is 0 Å². The first-order chi connectivity index (χ1) is 15.3. The number of aromatic nitrogens is 2. The number of alkyl halides is 2. The molecule has 0 spiro atoms. The Morgan fingerprint density at radius 1 is 1.00 bits per heavy atom. The van der Waals surface area contributed by atoms with Gasteiger partial charge in [0.2, 0.25) is 5.92 Å². The molecule has 1 atom stereocenters. The lowest BCUT2D eigenvalue weighted by Gasteiger charge is -2.35. The number of rotatable bonds is 3. The molecule has 4 aromatic rings. The molecule has 0 amide bonds. The molecule has 2 aromatic heterocycles. The summed E-state index contributed by atoms with van der Waals surface area (Å²) in [7, 11) is 0. The maximum atomic E-state index is 15.2. The van der Waals surface area contributed by atoms with Crippen LogP contribution in [-0.4, -0.2) is 15.5 Å². The molecule has 1 unspecified atom stereocenters. The molecule has 0 bridgehead atoms. The van der Waals surface area contributed by atoms with Gasteiger partial charge in [-0.05, 0) is 46.3 Å². The fraction of sp³-hybridized carbons (Fsp3) is 0.292. The minimum absolute atomic E-state index is 0.117. The lowest BCUT2D eigenvalue weighted by molar-refractivity contribution is -0.0493. The Morgan fingerprint density at radius 3 is 2.38 bits per heavy atom. The van der Waals surface area contributed by atoms with Gasteiger partial charge in [0, 0.05) is 29.6 Å². The third kappa shape index (κ3) is 3.49. The van der Waals surface area contributed by atoms with E-state index in [2.05, 4.69) is 20.9 Å². The van der Waals surface area contributed by atoms with Gasteiger partial charge in [0.1, 0.15) is 5.82 Å². The summed E-state index contributed by atoms with van der Waals surface area (Å²) in [6.07, 6.45) is 1.30. The van der Waals surface area contributed by atoms with Gasteiger partial charge >= 0.3 is 0 Å². The third-order valence-electron chi connectivity index (χ3n) is 6.35. The molecule has 5 rings (SSSR count). The number of fused-ring (bicyclic) bond motifs is 3. The number of halogens is 6. The minimum Gasteiger partial charge on any atom is -0.329 e. The molecule has 8 heteroatoms. The van der Waals surface area contributed by atoms with E-state index in [4.69, 9.17) is 0 Å². The van der Waals surface area contributed by atoms with Gasteiger partial charge in [-0.3, -0.25) is 4.98 Å². The van der Waals surface area contributed by atoms with Crippen LogP contribution in [0.5, 0.6) is 0 Å². The van der Waals surface area contributed by atoms with Crippen molar-refractivity contribution < 1.29 is 22.0 Å². The zero-order valence-electron chi connectivity index (χ0n) is 16.8. The number of nitrogens with zero attached hydrogens (tertiary/aromatic N) is 2. The topological polar surface area (TPSA) is 17.8 Å². The van der Waals surface area contributed by atoms with Crippen molar-refractivity contribution in [2.24, 2.45) is 5.92 Å². The molecule has 166 valence electrons. The first kappa shape index (κ1) is 21.4. The van der Waals surface area contributed by atoms with Crippen LogP contribution >= 0.6 is 15.9 Å². The van der Waals surface area contributed by atoms with E-state index >= 15 is 4.39 Å². The average Bonchev–Trinajstić information content (AvgIpc) is 3.09. The second-order valence-corrected chi connectivity index (χ2v) is 9.23. The number of hydrogen-bond acceptors (Lipinski definition) is 1. The molecule has 0 radical (unpaired) electrons. The fourth-order valence-electron chi connectivity index (χ4n) is 4.91. The second-order valence-electron chi connectivity index (χ2n) is 8.32. The summed E-state index contributed by atoms with van der Waals surface area (Å²) in [5, 5.41) is -0.117. The molecule has 32 heavy (non-hydrogen) atoms. The Balaban J connectivity index is 1.85. The monoisotopic (exact) mass is 508 g/mol. The molecule has 1 fully saturated rings. The smallest absolute Gasteiger partial charge is 0.248 e. The Labute approximate surface area is 189 Å². The summed E-state index contributed by atoms with van der Waals surface area (Å²) < 4.78 is 74.5. The van der Waals surface area contributed by atoms with Crippen molar-refractivity contribution in [2.75, 3.05) is 0 Å². The summed E-state index contributed by atoms with van der Waals surface area (Å²) in [6.45, 7) is 0. The van der Waals surface area contributed by atoms with Crippen molar-refractivity contribution in [2.45, 2.75) is 37.6 Å². The Hall–Kier alpha value is -2.48. The fourth-order valence-corrected chi connectivity index (χ4v) is 5.23. The molecule has 1 aliphatic rings. The van der Waals surface area contributed by atoms with Gasteiger partial charge in [-0.15, -0.1) is 0 Å². The highest BCUT2D eigenvalue weighted by Crippen LogP contribution is 2.46. The molecule has 1 saturated carbocycles. The van der Waals surface area contributed by atoms with E-state index in [-0.39, 0.29) is 48.0 Å². The lowest BCUT2D eigenvalue weighted by Crippen LogP contribution is -2.30. The molecule has 1 aliphatic carbocycles. The minimum atomic E-state index is -2.74. The quantitative estimate of drug-likeness (QED) is 0.204. The van der Waals surface area contributed by atoms with Gasteiger partial charge in [-0.25, -0.2) is 22.0 Å². The molecule has 0 N–H and O–H groups in total. The number of pyridine rings is 1. The highest BCUT2D eigenvalue weighted by molar-refractivity contribution is 9.10. The Morgan fingerprint density at radius 2 is 1.69 bits per heavy atom. The lowest BCUT2D eigenvalue weighted by atomic mass is 9.79. The van der Waals surface area contributed by atoms with Crippen molar-refractivity contribution in [1.82, 2.24) is 9.55 Å². The van der Waals surface area contributed by atoms with Crippen LogP contribution < -0.4 is 0 Å². The van der Waals surface area contributed by atoms with Gasteiger partial charge in [0.05, 0.1) is 28.0 Å². The van der Waals surface area contributed by atoms with E-state index in [0.717, 1.165) is 5.56 Å². The SMILES string of the molecule is Fc1cc(F)c2c3ncc(Br)cc3n(C(c3ccccc3)C3CCC(F)(F)CC3)c2c1F. The van der Waals surface area contributed by atoms with E-state index in [1.54, 1.807) is 22.8 Å². The van der Waals surface area contributed by atoms with E-state index < -0.39 is 29.4 Å². The highest BCUT2D eigenvalue weighted by atomic mass is 79.9. The van der Waals surface area contributed by atoms with E-state index in [1.807, 2.05) is 18.2 Å². The second kappa shape index (κ2) is 7.83. The molecule has 0 aliphatic heterocycles. The predicted octanol–water partition coefficient (Wildman–Crippen LogP) is 7.78. The zero-order valence-corrected chi connectivity index (χ0v) is 18.4. The van der Waals surface area contributed by atoms with Gasteiger partial charge in [-0.1, -0.05) is 30.3 Å². The molecular formula is C24H18BrF5N2. The maximum Gasteiger partial charge on any atom is 0.248 e. The first-order valence-electron chi connectivity index (χ1n) is 10.3. The van der Waals surface area contributed by atoms with Crippen LogP contribution in [0.1, 0.15) is 37.3 Å². The summed E-state index contributed by atoms with van der Waals surface area (Å²) in [5.41, 5.74) is 1.12. The van der Waals surface area contributed by atoms with Crippen LogP contribution in [0.4, 0.5) is 22.0 Å². The first-order valence-corrected chi connectivity index (χ1v) is 11.1. The van der Waals surface area contributed by atoms with Crippen LogP contribution in [-0.2, 0) is 0 Å². The molecule has 2 nitrogen and oxygen atoms in total.